The van der Waals surface area contributed by atoms with Crippen LogP contribution in [0, 0.1) is 0 Å². The topological polar surface area (TPSA) is 62.6 Å². The van der Waals surface area contributed by atoms with Gasteiger partial charge in [-0.15, -0.1) is 0 Å². The highest BCUT2D eigenvalue weighted by molar-refractivity contribution is 8.01. The van der Waals surface area contributed by atoms with Crippen molar-refractivity contribution in [1.29, 1.82) is 0 Å². The van der Waals surface area contributed by atoms with E-state index in [-0.39, 0.29) is 11.1 Å². The van der Waals surface area contributed by atoms with Crippen LogP contribution in [0.15, 0.2) is 16.7 Å². The van der Waals surface area contributed by atoms with E-state index in [9.17, 15) is 8.42 Å². The highest BCUT2D eigenvalue weighted by Gasteiger charge is 2.33. The second-order valence-corrected chi connectivity index (χ2v) is 8.75. The van der Waals surface area contributed by atoms with Gasteiger partial charge in [-0.1, -0.05) is 13.8 Å². The van der Waals surface area contributed by atoms with E-state index >= 15 is 0 Å². The van der Waals surface area contributed by atoms with Crippen LogP contribution in [-0.4, -0.2) is 49.0 Å². The minimum atomic E-state index is -3.05. The summed E-state index contributed by atoms with van der Waals surface area (Å²) in [5.74, 6) is 2.66. The Balaban J connectivity index is 2.03. The Kier molecular flexibility index (Phi) is 6.16. The van der Waals surface area contributed by atoms with Gasteiger partial charge in [0.1, 0.15) is 11.1 Å². The van der Waals surface area contributed by atoms with Crippen molar-refractivity contribution in [2.75, 3.05) is 30.3 Å². The molecular formula is C14H24N2O3S2. The van der Waals surface area contributed by atoms with E-state index in [1.807, 2.05) is 11.0 Å². The van der Waals surface area contributed by atoms with E-state index in [0.717, 1.165) is 36.7 Å². The Morgan fingerprint density at radius 1 is 1.48 bits per heavy atom. The Bertz CT molecular complexity index is 542. The lowest BCUT2D eigenvalue weighted by molar-refractivity contribution is 0.240. The van der Waals surface area contributed by atoms with Gasteiger partial charge in [-0.3, -0.25) is 4.90 Å². The molecule has 0 spiro atoms. The maximum Gasteiger partial charge on any atom is 0.166 e. The lowest BCUT2D eigenvalue weighted by atomic mass is 10.3. The normalized spacial score (nSPS) is 20.8. The quantitative estimate of drug-likeness (QED) is 0.820. The molecule has 21 heavy (non-hydrogen) atoms. The molecule has 7 heteroatoms. The molecule has 1 aromatic heterocycles. The van der Waals surface area contributed by atoms with Crippen LogP contribution in [0.1, 0.15) is 25.2 Å². The number of hydrogen-bond acceptors (Lipinski definition) is 6. The van der Waals surface area contributed by atoms with Crippen molar-refractivity contribution >= 4 is 21.6 Å². The highest BCUT2D eigenvalue weighted by Crippen LogP contribution is 2.24. The van der Waals surface area contributed by atoms with E-state index in [0.29, 0.717) is 12.3 Å². The third-order valence-corrected chi connectivity index (χ3v) is 6.99. The van der Waals surface area contributed by atoms with Gasteiger partial charge < -0.3 is 9.73 Å². The SMILES string of the molecule is CCNCc1coc(CN2CCSCC2S(=O)(=O)CC)c1. The third kappa shape index (κ3) is 4.48. The van der Waals surface area contributed by atoms with E-state index in [4.69, 9.17) is 4.42 Å². The fraction of sp³-hybridized carbons (Fsp3) is 0.714. The number of thioether (sulfide) groups is 1. The molecule has 0 aromatic carbocycles. The summed E-state index contributed by atoms with van der Waals surface area (Å²) in [5, 5.41) is 2.87. The first-order valence-corrected chi connectivity index (χ1v) is 10.2. The van der Waals surface area contributed by atoms with Crippen LogP contribution in [-0.2, 0) is 22.9 Å². The van der Waals surface area contributed by atoms with Crippen LogP contribution in [0.3, 0.4) is 0 Å². The summed E-state index contributed by atoms with van der Waals surface area (Å²) >= 11 is 1.71. The highest BCUT2D eigenvalue weighted by atomic mass is 32.2. The van der Waals surface area contributed by atoms with Gasteiger partial charge in [-0.05, 0) is 12.6 Å². The zero-order chi connectivity index (χ0) is 15.3. The summed E-state index contributed by atoms with van der Waals surface area (Å²) in [7, 11) is -3.05. The molecule has 0 saturated carbocycles. The number of nitrogens with one attached hydrogen (secondary N) is 1. The van der Waals surface area contributed by atoms with Crippen LogP contribution in [0.2, 0.25) is 0 Å². The molecule has 1 atom stereocenters. The molecule has 2 heterocycles. The molecule has 0 radical (unpaired) electrons. The third-order valence-electron chi connectivity index (χ3n) is 3.65. The van der Waals surface area contributed by atoms with E-state index < -0.39 is 9.84 Å². The first-order valence-electron chi connectivity index (χ1n) is 7.37. The average Bonchev–Trinajstić information content (AvgIpc) is 2.93. The Morgan fingerprint density at radius 2 is 2.29 bits per heavy atom. The van der Waals surface area contributed by atoms with Crippen LogP contribution in [0.5, 0.6) is 0 Å². The van der Waals surface area contributed by atoms with Crippen LogP contribution in [0.25, 0.3) is 0 Å². The van der Waals surface area contributed by atoms with Crippen molar-refractivity contribution < 1.29 is 12.8 Å². The minimum Gasteiger partial charge on any atom is -0.468 e. The molecule has 0 aliphatic carbocycles. The van der Waals surface area contributed by atoms with Crippen LogP contribution >= 0.6 is 11.8 Å². The summed E-state index contributed by atoms with van der Waals surface area (Å²) in [4.78, 5) is 2.03. The van der Waals surface area contributed by atoms with Crippen molar-refractivity contribution in [2.45, 2.75) is 32.3 Å². The maximum atomic E-state index is 12.2. The van der Waals surface area contributed by atoms with E-state index in [1.165, 1.54) is 0 Å². The second-order valence-electron chi connectivity index (χ2n) is 5.15. The molecule has 5 nitrogen and oxygen atoms in total. The van der Waals surface area contributed by atoms with Crippen LogP contribution in [0.4, 0.5) is 0 Å². The van der Waals surface area contributed by atoms with Gasteiger partial charge in [0.25, 0.3) is 0 Å². The molecule has 2 rings (SSSR count). The van der Waals surface area contributed by atoms with Crippen molar-refractivity contribution in [2.24, 2.45) is 0 Å². The summed E-state index contributed by atoms with van der Waals surface area (Å²) in [6.45, 7) is 6.84. The predicted molar refractivity (Wildman–Crippen MR) is 87.1 cm³/mol. The molecule has 120 valence electrons. The summed E-state index contributed by atoms with van der Waals surface area (Å²) in [6, 6.07) is 2.01. The van der Waals surface area contributed by atoms with Gasteiger partial charge in [-0.25, -0.2) is 8.42 Å². The number of hydrogen-bond donors (Lipinski definition) is 1. The fourth-order valence-corrected chi connectivity index (χ4v) is 5.47. The average molecular weight is 332 g/mol. The monoisotopic (exact) mass is 332 g/mol. The molecule has 1 aromatic rings. The van der Waals surface area contributed by atoms with Gasteiger partial charge in [-0.2, -0.15) is 11.8 Å². The molecule has 1 aliphatic heterocycles. The lowest BCUT2D eigenvalue weighted by Gasteiger charge is -2.33. The Hall–Kier alpha value is -0.500. The van der Waals surface area contributed by atoms with Gasteiger partial charge in [0, 0.05) is 35.9 Å². The standard InChI is InChI=1S/C14H24N2O3S2/c1-3-15-8-12-7-13(19-10-12)9-16-5-6-20-11-14(16)21(17,18)4-2/h7,10,14-15H,3-6,8-9,11H2,1-2H3. The Morgan fingerprint density at radius 3 is 3.00 bits per heavy atom. The van der Waals surface area contributed by atoms with E-state index in [1.54, 1.807) is 24.9 Å². The van der Waals surface area contributed by atoms with Crippen molar-refractivity contribution in [1.82, 2.24) is 10.2 Å². The molecule has 0 amide bonds. The largest absolute Gasteiger partial charge is 0.468 e. The molecule has 1 aliphatic rings. The van der Waals surface area contributed by atoms with Crippen molar-refractivity contribution in [3.63, 3.8) is 0 Å². The van der Waals surface area contributed by atoms with Gasteiger partial charge in [0.2, 0.25) is 0 Å². The molecule has 1 unspecified atom stereocenters. The summed E-state index contributed by atoms with van der Waals surface area (Å²) in [5.41, 5.74) is 1.10. The molecule has 1 N–H and O–H groups in total. The predicted octanol–water partition coefficient (Wildman–Crippen LogP) is 1.70. The second kappa shape index (κ2) is 7.67. The minimum absolute atomic E-state index is 0.193. The van der Waals surface area contributed by atoms with Crippen molar-refractivity contribution in [3.05, 3.63) is 23.7 Å². The lowest BCUT2D eigenvalue weighted by Crippen LogP contribution is -2.47. The zero-order valence-corrected chi connectivity index (χ0v) is 14.3. The first-order chi connectivity index (χ1) is 10.1. The summed E-state index contributed by atoms with van der Waals surface area (Å²) in [6.07, 6.45) is 1.75. The van der Waals surface area contributed by atoms with Gasteiger partial charge in [0.15, 0.2) is 9.84 Å². The number of sulfone groups is 1. The molecule has 0 bridgehead atoms. The van der Waals surface area contributed by atoms with Gasteiger partial charge >= 0.3 is 0 Å². The smallest absolute Gasteiger partial charge is 0.166 e. The van der Waals surface area contributed by atoms with Gasteiger partial charge in [0.05, 0.1) is 12.8 Å². The summed E-state index contributed by atoms with van der Waals surface area (Å²) < 4.78 is 30.0. The first kappa shape index (κ1) is 16.9. The number of rotatable bonds is 7. The molecule has 1 saturated heterocycles. The number of nitrogens with zero attached hydrogens (tertiary/aromatic N) is 1. The van der Waals surface area contributed by atoms with Crippen molar-refractivity contribution in [3.8, 4) is 0 Å². The van der Waals surface area contributed by atoms with E-state index in [2.05, 4.69) is 12.2 Å². The Labute approximate surface area is 131 Å². The zero-order valence-electron chi connectivity index (χ0n) is 12.7. The fourth-order valence-electron chi connectivity index (χ4n) is 2.39. The van der Waals surface area contributed by atoms with Crippen LogP contribution < -0.4 is 5.32 Å². The maximum absolute atomic E-state index is 12.2. The molecule has 1 fully saturated rings. The molecular weight excluding hydrogens is 308 g/mol. The number of furan rings is 1.